The van der Waals surface area contributed by atoms with Crippen molar-refractivity contribution in [1.82, 2.24) is 5.32 Å². The smallest absolute Gasteiger partial charge is 0.127 e. The van der Waals surface area contributed by atoms with Gasteiger partial charge in [0.1, 0.15) is 17.7 Å². The van der Waals surface area contributed by atoms with E-state index in [0.717, 1.165) is 25.0 Å². The number of ether oxygens (including phenoxy) is 1. The molecule has 1 heterocycles. The highest BCUT2D eigenvalue weighted by molar-refractivity contribution is 5.18. The lowest BCUT2D eigenvalue weighted by molar-refractivity contribution is 0.122. The molecule has 2 rings (SSSR count). The molecule has 1 aliphatic rings. The molecule has 0 aliphatic carbocycles. The Morgan fingerprint density at radius 2 is 2.24 bits per heavy atom. The molecule has 1 atom stereocenters. The van der Waals surface area contributed by atoms with E-state index in [9.17, 15) is 8.78 Å². The summed E-state index contributed by atoms with van der Waals surface area (Å²) < 4.78 is 31.5. The van der Waals surface area contributed by atoms with Gasteiger partial charge >= 0.3 is 0 Å². The molecule has 0 fully saturated rings. The summed E-state index contributed by atoms with van der Waals surface area (Å²) in [5.41, 5.74) is 0.344. The number of hydrogen-bond donors (Lipinski definition) is 1. The summed E-state index contributed by atoms with van der Waals surface area (Å²) >= 11 is 0. The number of benzene rings is 1. The van der Waals surface area contributed by atoms with Crippen molar-refractivity contribution < 1.29 is 13.5 Å². The zero-order valence-electron chi connectivity index (χ0n) is 9.46. The Kier molecular flexibility index (Phi) is 4.09. The molecule has 17 heavy (non-hydrogen) atoms. The molecule has 0 spiro atoms. The van der Waals surface area contributed by atoms with Crippen molar-refractivity contribution in [3.8, 4) is 0 Å². The van der Waals surface area contributed by atoms with Gasteiger partial charge in [0.2, 0.25) is 0 Å². The van der Waals surface area contributed by atoms with Crippen LogP contribution >= 0.6 is 0 Å². The first kappa shape index (κ1) is 12.0. The maximum Gasteiger partial charge on any atom is 0.127 e. The first-order valence-corrected chi connectivity index (χ1v) is 5.71. The minimum Gasteiger partial charge on any atom is -0.497 e. The van der Waals surface area contributed by atoms with Crippen molar-refractivity contribution in [2.45, 2.75) is 25.5 Å². The number of hydrogen-bond acceptors (Lipinski definition) is 2. The Bertz CT molecular complexity index is 406. The van der Waals surface area contributed by atoms with Crippen molar-refractivity contribution in [2.24, 2.45) is 0 Å². The summed E-state index contributed by atoms with van der Waals surface area (Å²) in [4.78, 5) is 0. The van der Waals surface area contributed by atoms with Crippen molar-refractivity contribution in [3.63, 3.8) is 0 Å². The molecule has 0 bridgehead atoms. The molecule has 1 aromatic carbocycles. The number of rotatable bonds is 4. The Labute approximate surface area is 99.3 Å². The monoisotopic (exact) mass is 239 g/mol. The highest BCUT2D eigenvalue weighted by Crippen LogP contribution is 2.11. The van der Waals surface area contributed by atoms with Crippen molar-refractivity contribution in [2.75, 3.05) is 6.54 Å². The maximum atomic E-state index is 13.3. The van der Waals surface area contributed by atoms with Crippen LogP contribution in [0.15, 0.2) is 30.5 Å². The molecule has 0 radical (unpaired) electrons. The van der Waals surface area contributed by atoms with Crippen LogP contribution in [0.25, 0.3) is 0 Å². The molecule has 2 nitrogen and oxygen atoms in total. The van der Waals surface area contributed by atoms with E-state index in [0.29, 0.717) is 18.7 Å². The minimum atomic E-state index is -0.417. The van der Waals surface area contributed by atoms with Gasteiger partial charge in [0.15, 0.2) is 0 Å². The standard InChI is InChI=1S/C13H15F2NO/c14-11-4-5-13(15)10(7-11)8-16-9-12-3-1-2-6-17-12/h2,4-7,12,16H,1,3,8-9H2. The van der Waals surface area contributed by atoms with E-state index in [2.05, 4.69) is 5.32 Å². The molecule has 4 heteroatoms. The highest BCUT2D eigenvalue weighted by atomic mass is 19.1. The van der Waals surface area contributed by atoms with E-state index >= 15 is 0 Å². The van der Waals surface area contributed by atoms with Crippen LogP contribution in [0.5, 0.6) is 0 Å². The van der Waals surface area contributed by atoms with Gasteiger partial charge in [0, 0.05) is 18.7 Å². The van der Waals surface area contributed by atoms with Gasteiger partial charge < -0.3 is 10.1 Å². The van der Waals surface area contributed by atoms with E-state index in [1.54, 1.807) is 6.26 Å². The predicted octanol–water partition coefficient (Wildman–Crippen LogP) is 2.75. The Hall–Kier alpha value is -1.42. The summed E-state index contributed by atoms with van der Waals surface area (Å²) in [5.74, 6) is -0.802. The fraction of sp³-hybridized carbons (Fsp3) is 0.385. The number of allylic oxidation sites excluding steroid dienone is 1. The maximum absolute atomic E-state index is 13.3. The van der Waals surface area contributed by atoms with Crippen LogP contribution < -0.4 is 5.32 Å². The lowest BCUT2D eigenvalue weighted by Crippen LogP contribution is -2.29. The van der Waals surface area contributed by atoms with Crippen LogP contribution in [0.4, 0.5) is 8.78 Å². The van der Waals surface area contributed by atoms with Gasteiger partial charge in [-0.05, 0) is 37.1 Å². The van der Waals surface area contributed by atoms with E-state index < -0.39 is 5.82 Å². The van der Waals surface area contributed by atoms with Gasteiger partial charge in [0.25, 0.3) is 0 Å². The Morgan fingerprint density at radius 3 is 3.00 bits per heavy atom. The first-order chi connectivity index (χ1) is 8.25. The van der Waals surface area contributed by atoms with Gasteiger partial charge in [0.05, 0.1) is 6.26 Å². The summed E-state index contributed by atoms with van der Waals surface area (Å²) in [6, 6.07) is 3.48. The molecular weight excluding hydrogens is 224 g/mol. The third kappa shape index (κ3) is 3.53. The highest BCUT2D eigenvalue weighted by Gasteiger charge is 2.10. The average Bonchev–Trinajstić information content (AvgIpc) is 2.35. The molecule has 1 unspecified atom stereocenters. The van der Waals surface area contributed by atoms with Crippen LogP contribution in [0, 0.1) is 11.6 Å². The molecule has 0 amide bonds. The van der Waals surface area contributed by atoms with E-state index in [-0.39, 0.29) is 11.9 Å². The normalized spacial score (nSPS) is 19.1. The molecular formula is C13H15F2NO. The second-order valence-electron chi connectivity index (χ2n) is 4.07. The van der Waals surface area contributed by atoms with Crippen LogP contribution in [0.1, 0.15) is 18.4 Å². The second-order valence-corrected chi connectivity index (χ2v) is 4.07. The fourth-order valence-corrected chi connectivity index (χ4v) is 1.78. The second kappa shape index (κ2) is 5.77. The SMILES string of the molecule is Fc1ccc(F)c(CNCC2CCC=CO2)c1. The molecule has 0 aromatic heterocycles. The zero-order valence-corrected chi connectivity index (χ0v) is 9.46. The van der Waals surface area contributed by atoms with Crippen LogP contribution in [0.2, 0.25) is 0 Å². The third-order valence-electron chi connectivity index (χ3n) is 2.72. The number of halogens is 2. The fourth-order valence-electron chi connectivity index (χ4n) is 1.78. The zero-order chi connectivity index (χ0) is 12.1. The number of nitrogens with one attached hydrogen (secondary N) is 1. The van der Waals surface area contributed by atoms with E-state index in [4.69, 9.17) is 4.74 Å². The largest absolute Gasteiger partial charge is 0.497 e. The topological polar surface area (TPSA) is 21.3 Å². The van der Waals surface area contributed by atoms with Crippen molar-refractivity contribution in [1.29, 1.82) is 0 Å². The van der Waals surface area contributed by atoms with Crippen molar-refractivity contribution in [3.05, 3.63) is 47.7 Å². The molecule has 1 aliphatic heterocycles. The third-order valence-corrected chi connectivity index (χ3v) is 2.72. The first-order valence-electron chi connectivity index (χ1n) is 5.71. The van der Waals surface area contributed by atoms with Crippen LogP contribution in [0.3, 0.4) is 0 Å². The van der Waals surface area contributed by atoms with Gasteiger partial charge in [-0.25, -0.2) is 8.78 Å². The van der Waals surface area contributed by atoms with Crippen molar-refractivity contribution >= 4 is 0 Å². The van der Waals surface area contributed by atoms with E-state index in [1.807, 2.05) is 6.08 Å². The Morgan fingerprint density at radius 1 is 1.35 bits per heavy atom. The average molecular weight is 239 g/mol. The van der Waals surface area contributed by atoms with Gasteiger partial charge in [-0.15, -0.1) is 0 Å². The quantitative estimate of drug-likeness (QED) is 0.872. The minimum absolute atomic E-state index is 0.122. The summed E-state index contributed by atoms with van der Waals surface area (Å²) in [5, 5.41) is 3.07. The molecule has 0 saturated heterocycles. The van der Waals surface area contributed by atoms with Crippen LogP contribution in [-0.4, -0.2) is 12.6 Å². The van der Waals surface area contributed by atoms with Gasteiger partial charge in [-0.3, -0.25) is 0 Å². The summed E-state index contributed by atoms with van der Waals surface area (Å²) in [6.45, 7) is 0.952. The van der Waals surface area contributed by atoms with Gasteiger partial charge in [-0.2, -0.15) is 0 Å². The lowest BCUT2D eigenvalue weighted by Gasteiger charge is -2.19. The Balaban J connectivity index is 1.81. The molecule has 1 aromatic rings. The molecule has 92 valence electrons. The summed E-state index contributed by atoms with van der Waals surface area (Å²) in [7, 11) is 0. The summed E-state index contributed by atoms with van der Waals surface area (Å²) in [6.07, 6.45) is 5.74. The molecule has 1 N–H and O–H groups in total. The predicted molar refractivity (Wildman–Crippen MR) is 61.3 cm³/mol. The molecule has 0 saturated carbocycles. The van der Waals surface area contributed by atoms with E-state index in [1.165, 1.54) is 6.07 Å². The van der Waals surface area contributed by atoms with Gasteiger partial charge in [-0.1, -0.05) is 0 Å². The lowest BCUT2D eigenvalue weighted by atomic mass is 10.1. The van der Waals surface area contributed by atoms with Crippen LogP contribution in [-0.2, 0) is 11.3 Å².